The highest BCUT2D eigenvalue weighted by atomic mass is 32.2. The number of nitrogens with two attached hydrogens (primary N) is 1. The molecule has 2 N–H and O–H groups in total. The van der Waals surface area contributed by atoms with Crippen LogP contribution in [0.2, 0.25) is 0 Å². The molecule has 0 saturated heterocycles. The molecule has 4 nitrogen and oxygen atoms in total. The van der Waals surface area contributed by atoms with Gasteiger partial charge in [0, 0.05) is 13.6 Å². The summed E-state index contributed by atoms with van der Waals surface area (Å²) in [6, 6.07) is 5.16. The molecule has 0 fully saturated rings. The van der Waals surface area contributed by atoms with Crippen LogP contribution in [-0.4, -0.2) is 19.8 Å². The minimum Gasteiger partial charge on any atom is -0.398 e. The van der Waals surface area contributed by atoms with E-state index in [0.717, 1.165) is 5.56 Å². The van der Waals surface area contributed by atoms with Crippen molar-refractivity contribution in [2.75, 3.05) is 12.8 Å². The van der Waals surface area contributed by atoms with E-state index in [-0.39, 0.29) is 4.90 Å². The first-order valence-electron chi connectivity index (χ1n) is 3.87. The van der Waals surface area contributed by atoms with Gasteiger partial charge in [-0.3, -0.25) is 0 Å². The molecule has 0 atom stereocenters. The molecule has 2 rings (SSSR count). The number of benzene rings is 1. The molecule has 1 heterocycles. The van der Waals surface area contributed by atoms with Crippen molar-refractivity contribution in [3.63, 3.8) is 0 Å². The standard InChI is InChI=1S/C8H10N2O2S/c1-10-5-6-3-2-4-7(9)8(6)13(10,11)12/h2-4H,5,9H2,1H3. The molecular formula is C8H10N2O2S. The highest BCUT2D eigenvalue weighted by Crippen LogP contribution is 2.32. The summed E-state index contributed by atoms with van der Waals surface area (Å²) in [5.41, 5.74) is 6.72. The van der Waals surface area contributed by atoms with Crippen molar-refractivity contribution in [1.82, 2.24) is 4.31 Å². The number of anilines is 1. The third-order valence-electron chi connectivity index (χ3n) is 2.19. The Morgan fingerprint density at radius 1 is 1.46 bits per heavy atom. The molecule has 0 saturated carbocycles. The van der Waals surface area contributed by atoms with E-state index >= 15 is 0 Å². The summed E-state index contributed by atoms with van der Waals surface area (Å²) in [4.78, 5) is 0.275. The third kappa shape index (κ3) is 1.04. The topological polar surface area (TPSA) is 63.4 Å². The van der Waals surface area contributed by atoms with Crippen LogP contribution >= 0.6 is 0 Å². The highest BCUT2D eigenvalue weighted by molar-refractivity contribution is 7.89. The van der Waals surface area contributed by atoms with Gasteiger partial charge in [-0.1, -0.05) is 12.1 Å². The van der Waals surface area contributed by atoms with Gasteiger partial charge in [0.2, 0.25) is 10.0 Å². The van der Waals surface area contributed by atoms with Crippen LogP contribution < -0.4 is 5.73 Å². The molecular weight excluding hydrogens is 188 g/mol. The molecule has 0 radical (unpaired) electrons. The minimum absolute atomic E-state index is 0.275. The number of nitrogens with zero attached hydrogens (tertiary/aromatic N) is 1. The summed E-state index contributed by atoms with van der Waals surface area (Å²) in [7, 11) is -1.76. The molecule has 5 heteroatoms. The lowest BCUT2D eigenvalue weighted by molar-refractivity contribution is 0.488. The van der Waals surface area contributed by atoms with E-state index in [4.69, 9.17) is 5.73 Å². The van der Waals surface area contributed by atoms with E-state index in [1.54, 1.807) is 25.2 Å². The van der Waals surface area contributed by atoms with Gasteiger partial charge in [-0.25, -0.2) is 8.42 Å². The maximum Gasteiger partial charge on any atom is 0.245 e. The minimum atomic E-state index is -3.31. The zero-order valence-electron chi connectivity index (χ0n) is 7.19. The van der Waals surface area contributed by atoms with Crippen LogP contribution in [0.15, 0.2) is 23.1 Å². The Balaban J connectivity index is 2.78. The molecule has 0 amide bonds. The lowest BCUT2D eigenvalue weighted by Crippen LogP contribution is -2.19. The van der Waals surface area contributed by atoms with Crippen LogP contribution in [-0.2, 0) is 16.6 Å². The van der Waals surface area contributed by atoms with Crippen LogP contribution in [0.25, 0.3) is 0 Å². The number of rotatable bonds is 0. The second-order valence-corrected chi connectivity index (χ2v) is 5.08. The van der Waals surface area contributed by atoms with E-state index < -0.39 is 10.0 Å². The van der Waals surface area contributed by atoms with Crippen molar-refractivity contribution in [3.8, 4) is 0 Å². The first-order chi connectivity index (χ1) is 6.03. The van der Waals surface area contributed by atoms with Crippen molar-refractivity contribution in [1.29, 1.82) is 0 Å². The zero-order valence-corrected chi connectivity index (χ0v) is 8.00. The molecule has 0 aliphatic carbocycles. The van der Waals surface area contributed by atoms with E-state index in [2.05, 4.69) is 0 Å². The summed E-state index contributed by atoms with van der Waals surface area (Å²) < 4.78 is 24.6. The predicted molar refractivity (Wildman–Crippen MR) is 49.5 cm³/mol. The monoisotopic (exact) mass is 198 g/mol. The van der Waals surface area contributed by atoms with Crippen molar-refractivity contribution >= 4 is 15.7 Å². The van der Waals surface area contributed by atoms with Gasteiger partial charge in [-0.05, 0) is 11.6 Å². The highest BCUT2D eigenvalue weighted by Gasteiger charge is 2.33. The fraction of sp³-hybridized carbons (Fsp3) is 0.250. The molecule has 0 bridgehead atoms. The molecule has 0 aromatic heterocycles. The average molecular weight is 198 g/mol. The van der Waals surface area contributed by atoms with Crippen LogP contribution in [0.3, 0.4) is 0 Å². The van der Waals surface area contributed by atoms with E-state index in [1.165, 1.54) is 4.31 Å². The van der Waals surface area contributed by atoms with Gasteiger partial charge in [0.05, 0.1) is 5.69 Å². The molecule has 70 valence electrons. The van der Waals surface area contributed by atoms with Gasteiger partial charge in [-0.2, -0.15) is 4.31 Å². The van der Waals surface area contributed by atoms with Gasteiger partial charge < -0.3 is 5.73 Å². The van der Waals surface area contributed by atoms with Gasteiger partial charge in [0.25, 0.3) is 0 Å². The Hall–Kier alpha value is -1.07. The summed E-state index contributed by atoms with van der Waals surface area (Å²) in [6.45, 7) is 0.419. The Bertz CT molecular complexity index is 453. The van der Waals surface area contributed by atoms with Crippen molar-refractivity contribution in [2.24, 2.45) is 0 Å². The SMILES string of the molecule is CN1Cc2cccc(N)c2S1(=O)=O. The number of sulfonamides is 1. The Morgan fingerprint density at radius 2 is 2.15 bits per heavy atom. The second-order valence-electron chi connectivity index (χ2n) is 3.10. The van der Waals surface area contributed by atoms with Gasteiger partial charge in [-0.15, -0.1) is 0 Å². The van der Waals surface area contributed by atoms with Crippen molar-refractivity contribution in [3.05, 3.63) is 23.8 Å². The molecule has 1 aliphatic rings. The van der Waals surface area contributed by atoms with E-state index in [9.17, 15) is 8.42 Å². The van der Waals surface area contributed by atoms with E-state index in [1.807, 2.05) is 0 Å². The number of hydrogen-bond acceptors (Lipinski definition) is 3. The lowest BCUT2D eigenvalue weighted by atomic mass is 10.2. The first kappa shape index (κ1) is 8.52. The Labute approximate surface area is 77.0 Å². The van der Waals surface area contributed by atoms with Crippen molar-refractivity contribution < 1.29 is 8.42 Å². The Kier molecular flexibility index (Phi) is 1.61. The molecule has 13 heavy (non-hydrogen) atoms. The summed E-state index contributed by atoms with van der Waals surface area (Å²) >= 11 is 0. The number of nitrogen functional groups attached to an aromatic ring is 1. The third-order valence-corrected chi connectivity index (χ3v) is 4.15. The predicted octanol–water partition coefficient (Wildman–Crippen LogP) is 0.403. The lowest BCUT2D eigenvalue weighted by Gasteiger charge is -2.05. The number of fused-ring (bicyclic) bond motifs is 1. The fourth-order valence-corrected chi connectivity index (χ4v) is 2.98. The van der Waals surface area contributed by atoms with Crippen LogP contribution in [0.5, 0.6) is 0 Å². The molecule has 1 aromatic carbocycles. The van der Waals surface area contributed by atoms with Gasteiger partial charge in [0.1, 0.15) is 4.90 Å². The van der Waals surface area contributed by atoms with Crippen LogP contribution in [0.1, 0.15) is 5.56 Å². The van der Waals surface area contributed by atoms with Crippen LogP contribution in [0.4, 0.5) is 5.69 Å². The van der Waals surface area contributed by atoms with Gasteiger partial charge >= 0.3 is 0 Å². The van der Waals surface area contributed by atoms with E-state index in [0.29, 0.717) is 12.2 Å². The molecule has 1 aliphatic heterocycles. The quantitative estimate of drug-likeness (QED) is 0.614. The molecule has 0 spiro atoms. The first-order valence-corrected chi connectivity index (χ1v) is 5.31. The summed E-state index contributed by atoms with van der Waals surface area (Å²) in [5, 5.41) is 0. The Morgan fingerprint density at radius 3 is 2.77 bits per heavy atom. The van der Waals surface area contributed by atoms with Crippen LogP contribution in [0, 0.1) is 0 Å². The largest absolute Gasteiger partial charge is 0.398 e. The van der Waals surface area contributed by atoms with Gasteiger partial charge in [0.15, 0.2) is 0 Å². The fourth-order valence-electron chi connectivity index (χ4n) is 1.52. The molecule has 1 aromatic rings. The average Bonchev–Trinajstić information content (AvgIpc) is 2.24. The summed E-state index contributed by atoms with van der Waals surface area (Å²) in [6.07, 6.45) is 0. The summed E-state index contributed by atoms with van der Waals surface area (Å²) in [5.74, 6) is 0. The molecule has 0 unspecified atom stereocenters. The maximum absolute atomic E-state index is 11.7. The maximum atomic E-state index is 11.7. The number of hydrogen-bond donors (Lipinski definition) is 1. The smallest absolute Gasteiger partial charge is 0.245 e. The zero-order chi connectivity index (χ0) is 9.64. The normalized spacial score (nSPS) is 20.1. The van der Waals surface area contributed by atoms with Crippen molar-refractivity contribution in [2.45, 2.75) is 11.4 Å². The second kappa shape index (κ2) is 2.46.